The van der Waals surface area contributed by atoms with Crippen LogP contribution in [0.25, 0.3) is 0 Å². The second kappa shape index (κ2) is 6.67. The van der Waals surface area contributed by atoms with Crippen LogP contribution >= 0.6 is 0 Å². The van der Waals surface area contributed by atoms with Crippen LogP contribution in [0.4, 0.5) is 4.39 Å². The van der Waals surface area contributed by atoms with Gasteiger partial charge in [-0.05, 0) is 62.3 Å². The van der Waals surface area contributed by atoms with Crippen LogP contribution in [0.1, 0.15) is 44.1 Å². The first-order valence-corrected chi connectivity index (χ1v) is 9.60. The van der Waals surface area contributed by atoms with E-state index in [-0.39, 0.29) is 36.3 Å². The zero-order valence-corrected chi connectivity index (χ0v) is 15.2. The molecule has 4 aliphatic carbocycles. The van der Waals surface area contributed by atoms with Gasteiger partial charge in [0.05, 0.1) is 5.41 Å². The highest BCUT2D eigenvalue weighted by molar-refractivity contribution is 5.83. The van der Waals surface area contributed by atoms with E-state index < -0.39 is 0 Å². The third-order valence-electron chi connectivity index (χ3n) is 6.59. The van der Waals surface area contributed by atoms with Crippen molar-refractivity contribution in [2.45, 2.75) is 45.1 Å². The van der Waals surface area contributed by atoms with E-state index in [9.17, 15) is 14.0 Å². The Bertz CT molecular complexity index is 682. The Hall–Kier alpha value is -1.91. The van der Waals surface area contributed by atoms with Gasteiger partial charge < -0.3 is 9.64 Å². The molecule has 5 rings (SSSR count). The number of ether oxygens (including phenoxy) is 1. The second-order valence-electron chi connectivity index (χ2n) is 8.62. The summed E-state index contributed by atoms with van der Waals surface area (Å²) in [6, 6.07) is 6.39. The highest BCUT2D eigenvalue weighted by atomic mass is 19.1. The molecule has 0 saturated heterocycles. The van der Waals surface area contributed by atoms with Crippen molar-refractivity contribution in [2.24, 2.45) is 23.2 Å². The van der Waals surface area contributed by atoms with Gasteiger partial charge in [-0.1, -0.05) is 18.2 Å². The van der Waals surface area contributed by atoms with Gasteiger partial charge >= 0.3 is 5.97 Å². The van der Waals surface area contributed by atoms with Crippen molar-refractivity contribution in [3.05, 3.63) is 35.6 Å². The lowest BCUT2D eigenvalue weighted by atomic mass is 9.49. The van der Waals surface area contributed by atoms with Gasteiger partial charge in [0.1, 0.15) is 5.82 Å². The van der Waals surface area contributed by atoms with Crippen LogP contribution in [0.3, 0.4) is 0 Å². The fourth-order valence-corrected chi connectivity index (χ4v) is 5.72. The lowest BCUT2D eigenvalue weighted by molar-refractivity contribution is -0.174. The average molecular weight is 359 g/mol. The van der Waals surface area contributed by atoms with E-state index in [1.807, 2.05) is 0 Å². The number of hydrogen-bond acceptors (Lipinski definition) is 3. The molecule has 140 valence electrons. The van der Waals surface area contributed by atoms with Crippen LogP contribution in [0, 0.1) is 29.0 Å². The first-order chi connectivity index (χ1) is 12.4. The first kappa shape index (κ1) is 17.5. The molecule has 0 N–H and O–H groups in total. The van der Waals surface area contributed by atoms with Crippen molar-refractivity contribution < 1.29 is 18.7 Å². The number of rotatable bonds is 5. The molecule has 0 aromatic heterocycles. The Labute approximate surface area is 153 Å². The fraction of sp³-hybridized carbons (Fsp3) is 0.619. The molecule has 4 fully saturated rings. The predicted octanol–water partition coefficient (Wildman–Crippen LogP) is 3.54. The Morgan fingerprint density at radius 2 is 1.69 bits per heavy atom. The van der Waals surface area contributed by atoms with Crippen molar-refractivity contribution in [1.29, 1.82) is 0 Å². The molecule has 26 heavy (non-hydrogen) atoms. The minimum Gasteiger partial charge on any atom is -0.455 e. The molecular formula is C21H26FNO3. The summed E-state index contributed by atoms with van der Waals surface area (Å²) in [6.07, 6.45) is 6.57. The number of amides is 1. The van der Waals surface area contributed by atoms with Gasteiger partial charge in [0.2, 0.25) is 0 Å². The maximum absolute atomic E-state index is 13.7. The molecule has 1 amide bonds. The Morgan fingerprint density at radius 1 is 1.12 bits per heavy atom. The van der Waals surface area contributed by atoms with E-state index in [2.05, 4.69) is 0 Å². The fourth-order valence-electron chi connectivity index (χ4n) is 5.72. The molecule has 0 unspecified atom stereocenters. The van der Waals surface area contributed by atoms with Gasteiger partial charge in [0.15, 0.2) is 6.61 Å². The molecule has 5 heteroatoms. The van der Waals surface area contributed by atoms with Gasteiger partial charge in [-0.15, -0.1) is 0 Å². The average Bonchev–Trinajstić information content (AvgIpc) is 2.60. The number of nitrogens with zero attached hydrogens (tertiary/aromatic N) is 1. The molecule has 0 spiro atoms. The number of hydrogen-bond donors (Lipinski definition) is 0. The van der Waals surface area contributed by atoms with E-state index in [0.29, 0.717) is 23.3 Å². The summed E-state index contributed by atoms with van der Waals surface area (Å²) in [7, 11) is 1.60. The van der Waals surface area contributed by atoms with Crippen LogP contribution in [-0.2, 0) is 20.9 Å². The summed E-state index contributed by atoms with van der Waals surface area (Å²) < 4.78 is 19.2. The van der Waals surface area contributed by atoms with Gasteiger partial charge in [0.25, 0.3) is 5.91 Å². The van der Waals surface area contributed by atoms with Gasteiger partial charge in [-0.25, -0.2) is 4.39 Å². The normalized spacial score (nSPS) is 31.7. The lowest BCUT2D eigenvalue weighted by Crippen LogP contribution is -2.51. The maximum Gasteiger partial charge on any atom is 0.312 e. The summed E-state index contributed by atoms with van der Waals surface area (Å²) in [5.74, 6) is 1.16. The van der Waals surface area contributed by atoms with Crippen molar-refractivity contribution in [3.8, 4) is 0 Å². The zero-order chi connectivity index (χ0) is 18.3. The molecular weight excluding hydrogens is 333 g/mol. The first-order valence-electron chi connectivity index (χ1n) is 9.60. The molecule has 0 aliphatic heterocycles. The Balaban J connectivity index is 1.33. The van der Waals surface area contributed by atoms with E-state index in [1.54, 1.807) is 25.2 Å². The van der Waals surface area contributed by atoms with Crippen molar-refractivity contribution >= 4 is 11.9 Å². The van der Waals surface area contributed by atoms with Crippen LogP contribution in [0.15, 0.2) is 24.3 Å². The summed E-state index contributed by atoms with van der Waals surface area (Å²) >= 11 is 0. The topological polar surface area (TPSA) is 46.6 Å². The van der Waals surface area contributed by atoms with Crippen molar-refractivity contribution in [3.63, 3.8) is 0 Å². The highest BCUT2D eigenvalue weighted by Crippen LogP contribution is 2.60. The van der Waals surface area contributed by atoms with E-state index in [4.69, 9.17) is 4.74 Å². The molecule has 4 nitrogen and oxygen atoms in total. The maximum atomic E-state index is 13.7. The number of esters is 1. The van der Waals surface area contributed by atoms with Crippen LogP contribution < -0.4 is 0 Å². The summed E-state index contributed by atoms with van der Waals surface area (Å²) in [5, 5.41) is 0. The number of benzene rings is 1. The van der Waals surface area contributed by atoms with Crippen molar-refractivity contribution in [1.82, 2.24) is 4.90 Å². The molecule has 1 aromatic carbocycles. The molecule has 4 aliphatic rings. The molecule has 0 atom stereocenters. The van der Waals surface area contributed by atoms with Crippen LogP contribution in [-0.4, -0.2) is 30.4 Å². The van der Waals surface area contributed by atoms with Gasteiger partial charge in [-0.2, -0.15) is 0 Å². The van der Waals surface area contributed by atoms with Gasteiger partial charge in [0, 0.05) is 19.2 Å². The number of halogens is 1. The van der Waals surface area contributed by atoms with Gasteiger partial charge in [-0.3, -0.25) is 9.59 Å². The highest BCUT2D eigenvalue weighted by Gasteiger charge is 2.55. The summed E-state index contributed by atoms with van der Waals surface area (Å²) in [5.41, 5.74) is 0.106. The minimum absolute atomic E-state index is 0.167. The monoisotopic (exact) mass is 359 g/mol. The number of carbonyl (C=O) groups excluding carboxylic acids is 2. The van der Waals surface area contributed by atoms with Crippen molar-refractivity contribution in [2.75, 3.05) is 13.7 Å². The molecule has 1 aromatic rings. The zero-order valence-electron chi connectivity index (χ0n) is 15.2. The second-order valence-corrected chi connectivity index (χ2v) is 8.62. The van der Waals surface area contributed by atoms with E-state index in [0.717, 1.165) is 19.3 Å². The molecule has 0 radical (unpaired) electrons. The Morgan fingerprint density at radius 3 is 2.27 bits per heavy atom. The number of likely N-dealkylation sites (N-methyl/N-ethyl adjacent to an activating group) is 1. The number of carbonyl (C=O) groups is 2. The van der Waals surface area contributed by atoms with E-state index in [1.165, 1.54) is 30.2 Å². The quantitative estimate of drug-likeness (QED) is 0.756. The SMILES string of the molecule is CN(Cc1ccccc1F)C(=O)COC(=O)C12CC3CC(CC(C3)C1)C2. The molecule has 0 heterocycles. The molecule has 4 bridgehead atoms. The summed E-state index contributed by atoms with van der Waals surface area (Å²) in [6.45, 7) is -0.0913. The smallest absolute Gasteiger partial charge is 0.312 e. The van der Waals surface area contributed by atoms with E-state index >= 15 is 0 Å². The molecule has 4 saturated carbocycles. The largest absolute Gasteiger partial charge is 0.455 e. The van der Waals surface area contributed by atoms with Crippen LogP contribution in [0.2, 0.25) is 0 Å². The third-order valence-corrected chi connectivity index (χ3v) is 6.59. The lowest BCUT2D eigenvalue weighted by Gasteiger charge is -2.55. The minimum atomic E-state index is -0.348. The standard InChI is InChI=1S/C21H26FNO3/c1-23(12-17-4-2-3-5-18(17)22)19(24)13-26-20(25)21-9-14-6-15(10-21)8-16(7-14)11-21/h2-5,14-16H,6-13H2,1H3. The Kier molecular flexibility index (Phi) is 4.49. The van der Waals surface area contributed by atoms with Crippen LogP contribution in [0.5, 0.6) is 0 Å². The predicted molar refractivity (Wildman–Crippen MR) is 94.4 cm³/mol. The summed E-state index contributed by atoms with van der Waals surface area (Å²) in [4.78, 5) is 26.5. The third kappa shape index (κ3) is 3.24.